The summed E-state index contributed by atoms with van der Waals surface area (Å²) >= 11 is 1.56. The van der Waals surface area contributed by atoms with Gasteiger partial charge in [-0.2, -0.15) is 4.31 Å². The summed E-state index contributed by atoms with van der Waals surface area (Å²) < 4.78 is 34.1. The van der Waals surface area contributed by atoms with Crippen molar-refractivity contribution >= 4 is 39.3 Å². The average molecular weight is 452 g/mol. The van der Waals surface area contributed by atoms with Crippen LogP contribution in [0.25, 0.3) is 0 Å². The predicted octanol–water partition coefficient (Wildman–Crippen LogP) is 2.72. The Morgan fingerprint density at radius 3 is 2.77 bits per heavy atom. The molecule has 1 aliphatic rings. The molecule has 1 amide bonds. The minimum absolute atomic E-state index is 0.0304. The molecule has 2 heterocycles. The lowest BCUT2D eigenvalue weighted by Crippen LogP contribution is -2.43. The molecule has 2 aromatic rings. The maximum atomic E-state index is 13.2. The normalized spacial score (nSPS) is 17.1. The fraction of sp³-hybridized carbons (Fsp3) is 0.400. The molecule has 1 atom stereocenters. The van der Waals surface area contributed by atoms with Crippen LogP contribution in [0.2, 0.25) is 0 Å². The van der Waals surface area contributed by atoms with E-state index < -0.39 is 22.0 Å². The number of carbonyl (C=O) groups excluding carboxylic acids is 2. The van der Waals surface area contributed by atoms with Gasteiger partial charge in [0.15, 0.2) is 0 Å². The van der Waals surface area contributed by atoms with Crippen LogP contribution in [0, 0.1) is 0 Å². The number of benzene rings is 1. The number of hydrogen-bond donors (Lipinski definition) is 1. The number of rotatable bonds is 7. The van der Waals surface area contributed by atoms with Gasteiger partial charge in [0.25, 0.3) is 0 Å². The molecule has 0 unspecified atom stereocenters. The van der Waals surface area contributed by atoms with Crippen LogP contribution in [-0.4, -0.2) is 54.6 Å². The number of thioether (sulfide) groups is 1. The maximum absolute atomic E-state index is 13.2. The average Bonchev–Trinajstić information content (AvgIpc) is 3.36. The number of aromatic nitrogens is 1. The molecule has 30 heavy (non-hydrogen) atoms. The van der Waals surface area contributed by atoms with Gasteiger partial charge >= 0.3 is 5.97 Å². The summed E-state index contributed by atoms with van der Waals surface area (Å²) in [6, 6.07) is 7.88. The van der Waals surface area contributed by atoms with E-state index in [1.807, 2.05) is 24.5 Å². The summed E-state index contributed by atoms with van der Waals surface area (Å²) in [5, 5.41) is 2.83. The Hall–Kier alpha value is -2.30. The summed E-state index contributed by atoms with van der Waals surface area (Å²) in [4.78, 5) is 25.9. The number of ether oxygens (including phenoxy) is 1. The molecule has 0 bridgehead atoms. The minimum Gasteiger partial charge on any atom is -0.461 e. The van der Waals surface area contributed by atoms with E-state index in [2.05, 4.69) is 5.32 Å². The molecular weight excluding hydrogens is 426 g/mol. The number of nitrogens with zero attached hydrogens (tertiary/aromatic N) is 2. The largest absolute Gasteiger partial charge is 0.461 e. The topological polar surface area (TPSA) is 97.7 Å². The zero-order valence-electron chi connectivity index (χ0n) is 17.1. The monoisotopic (exact) mass is 451 g/mol. The molecule has 0 radical (unpaired) electrons. The summed E-state index contributed by atoms with van der Waals surface area (Å²) in [7, 11) is -2.37. The number of aryl methyl sites for hydroxylation is 1. The number of sulfonamides is 1. The first-order valence-electron chi connectivity index (χ1n) is 9.58. The summed E-state index contributed by atoms with van der Waals surface area (Å²) in [5.74, 6) is -0.957. The molecule has 1 saturated heterocycles. The van der Waals surface area contributed by atoms with Crippen molar-refractivity contribution in [3.63, 3.8) is 0 Å². The van der Waals surface area contributed by atoms with E-state index in [0.717, 1.165) is 4.90 Å². The molecule has 1 aromatic carbocycles. The van der Waals surface area contributed by atoms with E-state index in [-0.39, 0.29) is 29.6 Å². The second-order valence-corrected chi connectivity index (χ2v) is 9.66. The zero-order chi connectivity index (χ0) is 21.9. The smallest absolute Gasteiger partial charge is 0.354 e. The van der Waals surface area contributed by atoms with Crippen LogP contribution in [-0.2, 0) is 26.6 Å². The van der Waals surface area contributed by atoms with E-state index in [0.29, 0.717) is 18.5 Å². The van der Waals surface area contributed by atoms with Crippen molar-refractivity contribution in [1.29, 1.82) is 0 Å². The third-order valence-electron chi connectivity index (χ3n) is 4.91. The van der Waals surface area contributed by atoms with E-state index in [1.54, 1.807) is 31.8 Å². The molecule has 1 aliphatic heterocycles. The molecule has 3 rings (SSSR count). The molecular formula is C20H25N3O5S2. The number of nitrogens with one attached hydrogen (secondary N) is 1. The SMILES string of the molecule is CCOC(=O)c1cc(S(=O)(=O)N2CCC[C@H]2C(=O)Nc2cccc(SC)c2)cn1C. The van der Waals surface area contributed by atoms with Gasteiger partial charge in [-0.15, -0.1) is 11.8 Å². The summed E-state index contributed by atoms with van der Waals surface area (Å²) in [6.07, 6.45) is 4.33. The van der Waals surface area contributed by atoms with E-state index in [1.165, 1.54) is 21.1 Å². The third-order valence-corrected chi connectivity index (χ3v) is 7.51. The van der Waals surface area contributed by atoms with Crippen LogP contribution in [0.5, 0.6) is 0 Å². The van der Waals surface area contributed by atoms with Crippen LogP contribution >= 0.6 is 11.8 Å². The Kier molecular flexibility index (Phi) is 6.89. The van der Waals surface area contributed by atoms with Crippen LogP contribution in [0.15, 0.2) is 46.3 Å². The maximum Gasteiger partial charge on any atom is 0.354 e. The molecule has 0 spiro atoms. The van der Waals surface area contributed by atoms with Gasteiger partial charge in [0.2, 0.25) is 15.9 Å². The number of amides is 1. The van der Waals surface area contributed by atoms with Crippen LogP contribution in [0.1, 0.15) is 30.3 Å². The van der Waals surface area contributed by atoms with Gasteiger partial charge in [-0.1, -0.05) is 6.07 Å². The first-order valence-corrected chi connectivity index (χ1v) is 12.2. The van der Waals surface area contributed by atoms with Gasteiger partial charge in [0.1, 0.15) is 16.6 Å². The van der Waals surface area contributed by atoms with Gasteiger partial charge in [-0.05, 0) is 50.3 Å². The van der Waals surface area contributed by atoms with Gasteiger partial charge < -0.3 is 14.6 Å². The van der Waals surface area contributed by atoms with Crippen LogP contribution < -0.4 is 5.32 Å². The van der Waals surface area contributed by atoms with Gasteiger partial charge in [0.05, 0.1) is 6.61 Å². The van der Waals surface area contributed by atoms with Gasteiger partial charge in [0, 0.05) is 30.4 Å². The zero-order valence-corrected chi connectivity index (χ0v) is 18.8. The fourth-order valence-corrected chi connectivity index (χ4v) is 5.62. The summed E-state index contributed by atoms with van der Waals surface area (Å²) in [5.41, 5.74) is 0.768. The Bertz CT molecular complexity index is 1050. The molecule has 1 aromatic heterocycles. The molecule has 0 saturated carbocycles. The second kappa shape index (κ2) is 9.23. The Morgan fingerprint density at radius 1 is 1.30 bits per heavy atom. The molecule has 162 valence electrons. The number of esters is 1. The number of carbonyl (C=O) groups is 2. The van der Waals surface area contributed by atoms with Crippen molar-refractivity contribution in [3.05, 3.63) is 42.2 Å². The number of anilines is 1. The predicted molar refractivity (Wildman–Crippen MR) is 115 cm³/mol. The van der Waals surface area contributed by atoms with Crippen molar-refractivity contribution in [1.82, 2.24) is 8.87 Å². The second-order valence-electron chi connectivity index (χ2n) is 6.89. The Balaban J connectivity index is 1.82. The molecule has 1 fully saturated rings. The Morgan fingerprint density at radius 2 is 2.07 bits per heavy atom. The summed E-state index contributed by atoms with van der Waals surface area (Å²) in [6.45, 7) is 2.12. The molecule has 8 nitrogen and oxygen atoms in total. The highest BCUT2D eigenvalue weighted by Gasteiger charge is 2.40. The molecule has 0 aliphatic carbocycles. The minimum atomic E-state index is -3.95. The lowest BCUT2D eigenvalue weighted by molar-refractivity contribution is -0.119. The van der Waals surface area contributed by atoms with Crippen LogP contribution in [0.3, 0.4) is 0 Å². The third kappa shape index (κ3) is 4.55. The van der Waals surface area contributed by atoms with E-state index >= 15 is 0 Å². The Labute approximate surface area is 180 Å². The highest BCUT2D eigenvalue weighted by atomic mass is 32.2. The lowest BCUT2D eigenvalue weighted by atomic mass is 10.2. The molecule has 10 heteroatoms. The quantitative estimate of drug-likeness (QED) is 0.514. The van der Waals surface area contributed by atoms with E-state index in [4.69, 9.17) is 4.74 Å². The van der Waals surface area contributed by atoms with Gasteiger partial charge in [-0.25, -0.2) is 13.2 Å². The highest BCUT2D eigenvalue weighted by Crippen LogP contribution is 2.28. The van der Waals surface area contributed by atoms with E-state index in [9.17, 15) is 18.0 Å². The van der Waals surface area contributed by atoms with Crippen molar-refractivity contribution in [2.45, 2.75) is 35.6 Å². The van der Waals surface area contributed by atoms with Crippen LogP contribution in [0.4, 0.5) is 5.69 Å². The number of hydrogen-bond acceptors (Lipinski definition) is 6. The van der Waals surface area contributed by atoms with Crippen molar-refractivity contribution in [2.24, 2.45) is 7.05 Å². The standard InChI is InChI=1S/C20H25N3O5S2/c1-4-28-20(25)18-12-16(13-22(18)2)30(26,27)23-10-6-9-17(23)19(24)21-14-7-5-8-15(11-14)29-3/h5,7-8,11-13,17H,4,6,9-10H2,1-3H3,(H,21,24)/t17-/m0/s1. The molecule has 1 N–H and O–H groups in total. The van der Waals surface area contributed by atoms with Crippen molar-refractivity contribution in [3.8, 4) is 0 Å². The lowest BCUT2D eigenvalue weighted by Gasteiger charge is -2.23. The highest BCUT2D eigenvalue weighted by molar-refractivity contribution is 7.98. The van der Waals surface area contributed by atoms with Gasteiger partial charge in [-0.3, -0.25) is 4.79 Å². The first kappa shape index (κ1) is 22.4. The first-order chi connectivity index (χ1) is 14.3. The van der Waals surface area contributed by atoms with Crippen molar-refractivity contribution < 1.29 is 22.7 Å². The fourth-order valence-electron chi connectivity index (χ4n) is 3.43. The van der Waals surface area contributed by atoms with Crippen molar-refractivity contribution in [2.75, 3.05) is 24.7 Å².